The van der Waals surface area contributed by atoms with Crippen LogP contribution in [0.5, 0.6) is 0 Å². The fourth-order valence-corrected chi connectivity index (χ4v) is 3.08. The minimum Gasteiger partial charge on any atom is -0.399 e. The number of rotatable bonds is 2. The van der Waals surface area contributed by atoms with Crippen molar-refractivity contribution in [3.63, 3.8) is 0 Å². The lowest BCUT2D eigenvalue weighted by atomic mass is 10.1. The summed E-state index contributed by atoms with van der Waals surface area (Å²) in [5.41, 5.74) is 11.0. The van der Waals surface area contributed by atoms with Gasteiger partial charge in [0.05, 0.1) is 0 Å². The zero-order valence-corrected chi connectivity index (χ0v) is 13.7. The molecule has 0 spiro atoms. The largest absolute Gasteiger partial charge is 0.399 e. The van der Waals surface area contributed by atoms with Crippen LogP contribution in [-0.4, -0.2) is 37.0 Å². The molecule has 23 heavy (non-hydrogen) atoms. The molecular weight excluding hydrogens is 286 g/mol. The highest BCUT2D eigenvalue weighted by molar-refractivity contribution is 5.95. The van der Waals surface area contributed by atoms with E-state index in [0.717, 1.165) is 26.2 Å². The van der Waals surface area contributed by atoms with Gasteiger partial charge in [-0.2, -0.15) is 0 Å². The van der Waals surface area contributed by atoms with Gasteiger partial charge in [-0.3, -0.25) is 4.79 Å². The van der Waals surface area contributed by atoms with Crippen molar-refractivity contribution >= 4 is 17.3 Å². The van der Waals surface area contributed by atoms with Gasteiger partial charge >= 0.3 is 0 Å². The summed E-state index contributed by atoms with van der Waals surface area (Å²) in [5.74, 6) is 0.0675. The van der Waals surface area contributed by atoms with Crippen molar-refractivity contribution in [2.45, 2.75) is 13.8 Å². The second-order valence-corrected chi connectivity index (χ2v) is 6.12. The smallest absolute Gasteiger partial charge is 0.254 e. The Kier molecular flexibility index (Phi) is 4.24. The van der Waals surface area contributed by atoms with E-state index in [2.05, 4.69) is 36.9 Å². The zero-order valence-electron chi connectivity index (χ0n) is 13.7. The quantitative estimate of drug-likeness (QED) is 0.868. The number of nitrogens with two attached hydrogens (primary N) is 1. The molecule has 0 bridgehead atoms. The average molecular weight is 309 g/mol. The Morgan fingerprint density at radius 2 is 1.70 bits per heavy atom. The summed E-state index contributed by atoms with van der Waals surface area (Å²) >= 11 is 0. The van der Waals surface area contributed by atoms with Gasteiger partial charge < -0.3 is 15.5 Å². The van der Waals surface area contributed by atoms with Gasteiger partial charge in [-0.1, -0.05) is 18.2 Å². The normalized spacial score (nSPS) is 14.9. The second-order valence-electron chi connectivity index (χ2n) is 6.12. The number of amides is 1. The van der Waals surface area contributed by atoms with E-state index in [0.29, 0.717) is 11.3 Å². The molecule has 1 saturated heterocycles. The molecule has 1 aliphatic rings. The number of anilines is 2. The summed E-state index contributed by atoms with van der Waals surface area (Å²) in [6.45, 7) is 7.49. The van der Waals surface area contributed by atoms with Crippen LogP contribution in [0.4, 0.5) is 11.4 Å². The van der Waals surface area contributed by atoms with Crippen LogP contribution in [-0.2, 0) is 0 Å². The first-order valence-electron chi connectivity index (χ1n) is 8.02. The molecule has 0 aromatic heterocycles. The van der Waals surface area contributed by atoms with Gasteiger partial charge in [-0.05, 0) is 49.2 Å². The van der Waals surface area contributed by atoms with Crippen LogP contribution in [0, 0.1) is 13.8 Å². The van der Waals surface area contributed by atoms with E-state index in [-0.39, 0.29) is 5.91 Å². The standard InChI is InChI=1S/C19H23N3O/c1-14-5-3-8-18(15(14)2)21-9-11-22(12-10-21)19(23)16-6-4-7-17(20)13-16/h3-8,13H,9-12,20H2,1-2H3. The van der Waals surface area contributed by atoms with E-state index in [1.165, 1.54) is 16.8 Å². The molecule has 0 unspecified atom stereocenters. The fraction of sp³-hybridized carbons (Fsp3) is 0.316. The minimum absolute atomic E-state index is 0.0675. The van der Waals surface area contributed by atoms with E-state index in [9.17, 15) is 4.79 Å². The maximum absolute atomic E-state index is 12.6. The summed E-state index contributed by atoms with van der Waals surface area (Å²) in [6, 6.07) is 13.6. The summed E-state index contributed by atoms with van der Waals surface area (Å²) < 4.78 is 0. The van der Waals surface area contributed by atoms with Gasteiger partial charge in [-0.25, -0.2) is 0 Å². The van der Waals surface area contributed by atoms with Crippen LogP contribution in [0.15, 0.2) is 42.5 Å². The Bertz CT molecular complexity index is 718. The molecule has 1 aliphatic heterocycles. The first-order chi connectivity index (χ1) is 11.1. The van der Waals surface area contributed by atoms with Gasteiger partial charge in [0.25, 0.3) is 5.91 Å². The molecule has 0 radical (unpaired) electrons. The molecule has 0 atom stereocenters. The SMILES string of the molecule is Cc1cccc(N2CCN(C(=O)c3cccc(N)c3)CC2)c1C. The molecule has 2 N–H and O–H groups in total. The van der Waals surface area contributed by atoms with Crippen molar-refractivity contribution in [1.82, 2.24) is 4.90 Å². The molecule has 2 aromatic rings. The van der Waals surface area contributed by atoms with Gasteiger partial charge in [0.15, 0.2) is 0 Å². The van der Waals surface area contributed by atoms with Gasteiger partial charge in [0.2, 0.25) is 0 Å². The number of piperazine rings is 1. The molecule has 1 heterocycles. The van der Waals surface area contributed by atoms with Gasteiger partial charge in [0, 0.05) is 43.1 Å². The van der Waals surface area contributed by atoms with Crippen LogP contribution in [0.1, 0.15) is 21.5 Å². The van der Waals surface area contributed by atoms with Crippen LogP contribution in [0.25, 0.3) is 0 Å². The molecule has 4 nitrogen and oxygen atoms in total. The fourth-order valence-electron chi connectivity index (χ4n) is 3.08. The first kappa shape index (κ1) is 15.4. The Hall–Kier alpha value is -2.49. The average Bonchev–Trinajstić information content (AvgIpc) is 2.57. The number of aryl methyl sites for hydroxylation is 1. The molecule has 1 fully saturated rings. The van der Waals surface area contributed by atoms with Gasteiger partial charge in [-0.15, -0.1) is 0 Å². The summed E-state index contributed by atoms with van der Waals surface area (Å²) in [6.07, 6.45) is 0. The van der Waals surface area contributed by atoms with E-state index >= 15 is 0 Å². The van der Waals surface area contributed by atoms with Crippen LogP contribution in [0.2, 0.25) is 0 Å². The van der Waals surface area contributed by atoms with Crippen LogP contribution >= 0.6 is 0 Å². The predicted molar refractivity (Wildman–Crippen MR) is 94.9 cm³/mol. The number of carbonyl (C=O) groups excluding carboxylic acids is 1. The molecule has 120 valence electrons. The van der Waals surface area contributed by atoms with E-state index < -0.39 is 0 Å². The Morgan fingerprint density at radius 3 is 2.39 bits per heavy atom. The number of nitrogens with zero attached hydrogens (tertiary/aromatic N) is 2. The van der Waals surface area contributed by atoms with Crippen molar-refractivity contribution in [1.29, 1.82) is 0 Å². The van der Waals surface area contributed by atoms with Crippen molar-refractivity contribution in [3.8, 4) is 0 Å². The second kappa shape index (κ2) is 6.32. The van der Waals surface area contributed by atoms with Gasteiger partial charge in [0.1, 0.15) is 0 Å². The lowest BCUT2D eigenvalue weighted by molar-refractivity contribution is 0.0747. The Labute approximate surface area is 137 Å². The number of nitrogen functional groups attached to an aromatic ring is 1. The molecule has 0 saturated carbocycles. The first-order valence-corrected chi connectivity index (χ1v) is 8.02. The lowest BCUT2D eigenvalue weighted by Gasteiger charge is -2.37. The third-order valence-corrected chi connectivity index (χ3v) is 4.62. The molecule has 2 aromatic carbocycles. The van der Waals surface area contributed by atoms with Crippen molar-refractivity contribution < 1.29 is 4.79 Å². The maximum Gasteiger partial charge on any atom is 0.254 e. The highest BCUT2D eigenvalue weighted by Gasteiger charge is 2.23. The topological polar surface area (TPSA) is 49.6 Å². The number of hydrogen-bond acceptors (Lipinski definition) is 3. The van der Waals surface area contributed by atoms with Crippen molar-refractivity contribution in [3.05, 3.63) is 59.2 Å². The molecule has 3 rings (SSSR count). The van der Waals surface area contributed by atoms with Crippen LogP contribution < -0.4 is 10.6 Å². The summed E-state index contributed by atoms with van der Waals surface area (Å²) in [5, 5.41) is 0. The molecule has 1 amide bonds. The van der Waals surface area contributed by atoms with Crippen molar-refractivity contribution in [2.75, 3.05) is 36.8 Å². The Balaban J connectivity index is 1.69. The molecule has 4 heteroatoms. The van der Waals surface area contributed by atoms with Crippen molar-refractivity contribution in [2.24, 2.45) is 0 Å². The number of hydrogen-bond donors (Lipinski definition) is 1. The monoisotopic (exact) mass is 309 g/mol. The minimum atomic E-state index is 0.0675. The lowest BCUT2D eigenvalue weighted by Crippen LogP contribution is -2.49. The molecule has 0 aliphatic carbocycles. The summed E-state index contributed by atoms with van der Waals surface area (Å²) in [4.78, 5) is 16.8. The van der Waals surface area contributed by atoms with Crippen LogP contribution in [0.3, 0.4) is 0 Å². The zero-order chi connectivity index (χ0) is 16.4. The van der Waals surface area contributed by atoms with E-state index in [1.54, 1.807) is 12.1 Å². The maximum atomic E-state index is 12.6. The molecular formula is C19H23N3O. The predicted octanol–water partition coefficient (Wildman–Crippen LogP) is 2.85. The highest BCUT2D eigenvalue weighted by atomic mass is 16.2. The van der Waals surface area contributed by atoms with E-state index in [1.807, 2.05) is 17.0 Å². The Morgan fingerprint density at radius 1 is 1.00 bits per heavy atom. The number of carbonyl (C=O) groups is 1. The summed E-state index contributed by atoms with van der Waals surface area (Å²) in [7, 11) is 0. The third kappa shape index (κ3) is 3.16. The highest BCUT2D eigenvalue weighted by Crippen LogP contribution is 2.24. The van der Waals surface area contributed by atoms with E-state index in [4.69, 9.17) is 5.73 Å². The third-order valence-electron chi connectivity index (χ3n) is 4.62. The number of benzene rings is 2.